The average molecular weight is 306 g/mol. The summed E-state index contributed by atoms with van der Waals surface area (Å²) in [7, 11) is 0. The summed E-state index contributed by atoms with van der Waals surface area (Å²) in [6.45, 7) is 0.579. The molecule has 0 unspecified atom stereocenters. The Morgan fingerprint density at radius 3 is 2.48 bits per heavy atom. The molecule has 0 aliphatic carbocycles. The van der Waals surface area contributed by atoms with Gasteiger partial charge in [0.05, 0.1) is 5.69 Å². The Bertz CT molecular complexity index is 759. The normalized spacial score (nSPS) is 11.9. The van der Waals surface area contributed by atoms with E-state index in [0.717, 1.165) is 22.6 Å². The van der Waals surface area contributed by atoms with E-state index in [1.807, 2.05) is 48.5 Å². The summed E-state index contributed by atoms with van der Waals surface area (Å²) in [5.74, 6) is 0.949. The van der Waals surface area contributed by atoms with Crippen molar-refractivity contribution in [2.24, 2.45) is 5.73 Å². The molecule has 0 fully saturated rings. The highest BCUT2D eigenvalue weighted by atomic mass is 16.3. The second-order valence-electron chi connectivity index (χ2n) is 5.23. The molecule has 3 rings (SSSR count). The van der Waals surface area contributed by atoms with Gasteiger partial charge in [0.25, 0.3) is 0 Å². The summed E-state index contributed by atoms with van der Waals surface area (Å²) in [6.07, 6.45) is 1.51. The van der Waals surface area contributed by atoms with Gasteiger partial charge >= 0.3 is 0 Å². The smallest absolute Gasteiger partial charge is 0.130 e. The zero-order valence-electron chi connectivity index (χ0n) is 12.6. The van der Waals surface area contributed by atoms with Crippen molar-refractivity contribution in [3.8, 4) is 17.0 Å². The Labute approximate surface area is 134 Å². The lowest BCUT2D eigenvalue weighted by molar-refractivity contribution is 0.475. The van der Waals surface area contributed by atoms with Crippen molar-refractivity contribution in [3.05, 3.63) is 72.6 Å². The van der Waals surface area contributed by atoms with Gasteiger partial charge in [-0.3, -0.25) is 0 Å². The molecule has 0 saturated heterocycles. The maximum absolute atomic E-state index is 9.35. The van der Waals surface area contributed by atoms with Crippen molar-refractivity contribution in [2.45, 2.75) is 6.04 Å². The van der Waals surface area contributed by atoms with Crippen LogP contribution >= 0.6 is 0 Å². The second kappa shape index (κ2) is 6.89. The van der Waals surface area contributed by atoms with Crippen molar-refractivity contribution in [2.75, 3.05) is 11.9 Å². The zero-order chi connectivity index (χ0) is 16.1. The first kappa shape index (κ1) is 15.0. The van der Waals surface area contributed by atoms with Crippen LogP contribution < -0.4 is 11.1 Å². The van der Waals surface area contributed by atoms with Gasteiger partial charge in [-0.15, -0.1) is 0 Å². The molecule has 0 radical (unpaired) electrons. The van der Waals surface area contributed by atoms with E-state index >= 15 is 0 Å². The highest BCUT2D eigenvalue weighted by Crippen LogP contribution is 2.21. The quantitative estimate of drug-likeness (QED) is 0.675. The van der Waals surface area contributed by atoms with Crippen molar-refractivity contribution >= 4 is 5.82 Å². The fraction of sp³-hybridized carbons (Fsp3) is 0.111. The molecule has 4 N–H and O–H groups in total. The molecule has 5 heteroatoms. The number of anilines is 1. The minimum absolute atomic E-state index is 0.108. The van der Waals surface area contributed by atoms with Gasteiger partial charge < -0.3 is 16.2 Å². The second-order valence-corrected chi connectivity index (χ2v) is 5.23. The molecule has 0 bridgehead atoms. The Morgan fingerprint density at radius 1 is 1.00 bits per heavy atom. The first-order valence-electron chi connectivity index (χ1n) is 7.38. The van der Waals surface area contributed by atoms with Crippen LogP contribution in [0.2, 0.25) is 0 Å². The van der Waals surface area contributed by atoms with Crippen LogP contribution in [0.15, 0.2) is 67.0 Å². The summed E-state index contributed by atoms with van der Waals surface area (Å²) in [4.78, 5) is 8.48. The fourth-order valence-corrected chi connectivity index (χ4v) is 2.28. The van der Waals surface area contributed by atoms with E-state index < -0.39 is 0 Å². The molecule has 3 aromatic rings. The lowest BCUT2D eigenvalue weighted by Gasteiger charge is -2.13. The Kier molecular flexibility index (Phi) is 4.49. The third-order valence-electron chi connectivity index (χ3n) is 3.56. The molecule has 0 saturated carbocycles. The summed E-state index contributed by atoms with van der Waals surface area (Å²) in [5.41, 5.74) is 8.96. The van der Waals surface area contributed by atoms with Crippen molar-refractivity contribution in [1.29, 1.82) is 0 Å². The Balaban J connectivity index is 1.69. The SMILES string of the molecule is N[C@@H](CNc1cc(-c2ccc(O)cc2)ncn1)c1ccccc1. The average Bonchev–Trinajstić information content (AvgIpc) is 2.61. The van der Waals surface area contributed by atoms with Gasteiger partial charge in [-0.1, -0.05) is 30.3 Å². The lowest BCUT2D eigenvalue weighted by Crippen LogP contribution is -2.20. The molecule has 2 aromatic carbocycles. The van der Waals surface area contributed by atoms with E-state index in [-0.39, 0.29) is 11.8 Å². The van der Waals surface area contributed by atoms with Crippen LogP contribution in [0.1, 0.15) is 11.6 Å². The molecule has 23 heavy (non-hydrogen) atoms. The maximum Gasteiger partial charge on any atom is 0.130 e. The van der Waals surface area contributed by atoms with Crippen LogP contribution in [0.4, 0.5) is 5.82 Å². The van der Waals surface area contributed by atoms with Gasteiger partial charge in [0.15, 0.2) is 0 Å². The zero-order valence-corrected chi connectivity index (χ0v) is 12.6. The molecule has 1 heterocycles. The van der Waals surface area contributed by atoms with Crippen LogP contribution in [0.25, 0.3) is 11.3 Å². The number of nitrogens with one attached hydrogen (secondary N) is 1. The number of hydrogen-bond acceptors (Lipinski definition) is 5. The molecule has 0 aliphatic heterocycles. The summed E-state index contributed by atoms with van der Waals surface area (Å²) < 4.78 is 0. The number of benzene rings is 2. The maximum atomic E-state index is 9.35. The lowest BCUT2D eigenvalue weighted by atomic mass is 10.1. The molecule has 116 valence electrons. The van der Waals surface area contributed by atoms with E-state index in [9.17, 15) is 5.11 Å². The number of phenolic OH excluding ortho intramolecular Hbond substituents is 1. The summed E-state index contributed by atoms with van der Waals surface area (Å²) in [6, 6.07) is 18.6. The molecule has 0 aliphatic rings. The Hall–Kier alpha value is -2.92. The predicted molar refractivity (Wildman–Crippen MR) is 91.0 cm³/mol. The van der Waals surface area contributed by atoms with E-state index in [1.54, 1.807) is 12.1 Å². The third kappa shape index (κ3) is 3.84. The fourth-order valence-electron chi connectivity index (χ4n) is 2.28. The van der Waals surface area contributed by atoms with Gasteiger partial charge in [-0.05, 0) is 29.8 Å². The highest BCUT2D eigenvalue weighted by molar-refractivity contribution is 5.62. The molecular weight excluding hydrogens is 288 g/mol. The predicted octanol–water partition coefficient (Wildman–Crippen LogP) is 2.96. The van der Waals surface area contributed by atoms with Crippen molar-refractivity contribution in [3.63, 3.8) is 0 Å². The Morgan fingerprint density at radius 2 is 1.74 bits per heavy atom. The van der Waals surface area contributed by atoms with Gasteiger partial charge in [0.1, 0.15) is 17.9 Å². The van der Waals surface area contributed by atoms with Crippen LogP contribution in [0, 0.1) is 0 Å². The number of aromatic hydroxyl groups is 1. The first-order chi connectivity index (χ1) is 11.2. The van der Waals surface area contributed by atoms with E-state index in [2.05, 4.69) is 15.3 Å². The van der Waals surface area contributed by atoms with Crippen LogP contribution in [0.5, 0.6) is 5.75 Å². The molecule has 1 aromatic heterocycles. The minimum Gasteiger partial charge on any atom is -0.508 e. The van der Waals surface area contributed by atoms with Crippen LogP contribution in [-0.4, -0.2) is 21.6 Å². The monoisotopic (exact) mass is 306 g/mol. The van der Waals surface area contributed by atoms with E-state index in [0.29, 0.717) is 6.54 Å². The molecule has 0 spiro atoms. The topological polar surface area (TPSA) is 84.1 Å². The number of nitrogens with zero attached hydrogens (tertiary/aromatic N) is 2. The molecular formula is C18H18N4O. The van der Waals surface area contributed by atoms with Gasteiger partial charge in [-0.2, -0.15) is 0 Å². The number of nitrogens with two attached hydrogens (primary N) is 1. The van der Waals surface area contributed by atoms with Crippen molar-refractivity contribution in [1.82, 2.24) is 9.97 Å². The van der Waals surface area contributed by atoms with E-state index in [4.69, 9.17) is 5.73 Å². The molecule has 1 atom stereocenters. The minimum atomic E-state index is -0.108. The summed E-state index contributed by atoms with van der Waals surface area (Å²) in [5, 5.41) is 12.6. The summed E-state index contributed by atoms with van der Waals surface area (Å²) >= 11 is 0. The molecule has 5 nitrogen and oxygen atoms in total. The first-order valence-corrected chi connectivity index (χ1v) is 7.38. The highest BCUT2D eigenvalue weighted by Gasteiger charge is 2.06. The van der Waals surface area contributed by atoms with Gasteiger partial charge in [-0.25, -0.2) is 9.97 Å². The number of aromatic nitrogens is 2. The number of rotatable bonds is 5. The van der Waals surface area contributed by atoms with Crippen LogP contribution in [-0.2, 0) is 0 Å². The van der Waals surface area contributed by atoms with Gasteiger partial charge in [0, 0.05) is 24.2 Å². The molecule has 0 amide bonds. The largest absolute Gasteiger partial charge is 0.508 e. The van der Waals surface area contributed by atoms with Crippen molar-refractivity contribution < 1.29 is 5.11 Å². The standard InChI is InChI=1S/C18H18N4O/c19-16(13-4-2-1-3-5-13)11-20-18-10-17(21-12-22-18)14-6-8-15(23)9-7-14/h1-10,12,16,23H,11,19H2,(H,20,21,22)/t16-/m0/s1. The van der Waals surface area contributed by atoms with Gasteiger partial charge in [0.2, 0.25) is 0 Å². The van der Waals surface area contributed by atoms with Crippen LogP contribution in [0.3, 0.4) is 0 Å². The number of hydrogen-bond donors (Lipinski definition) is 3. The van der Waals surface area contributed by atoms with E-state index in [1.165, 1.54) is 6.33 Å². The third-order valence-corrected chi connectivity index (χ3v) is 3.56. The number of phenols is 1.